The third-order valence-corrected chi connectivity index (χ3v) is 9.51. The van der Waals surface area contributed by atoms with Crippen LogP contribution in [0.1, 0.15) is 45.9 Å². The van der Waals surface area contributed by atoms with Gasteiger partial charge in [-0.1, -0.05) is 103 Å². The number of anilines is 2. The number of para-hydroxylation sites is 2. The molecule has 0 N–H and O–H groups in total. The molecule has 4 nitrogen and oxygen atoms in total. The van der Waals surface area contributed by atoms with Crippen LogP contribution < -0.4 is 19.3 Å². The van der Waals surface area contributed by atoms with Gasteiger partial charge < -0.3 is 19.3 Å². The van der Waals surface area contributed by atoms with E-state index in [4.69, 9.17) is 9.47 Å². The Morgan fingerprint density at radius 1 is 0.587 bits per heavy atom. The molecule has 0 fully saturated rings. The van der Waals surface area contributed by atoms with E-state index in [2.05, 4.69) is 145 Å². The van der Waals surface area contributed by atoms with Gasteiger partial charge in [0.1, 0.15) is 11.5 Å². The Hall–Kier alpha value is -5.22. The highest BCUT2D eigenvalue weighted by Crippen LogP contribution is 2.49. The normalized spacial score (nSPS) is 14.0. The Balaban J connectivity index is 1.46. The van der Waals surface area contributed by atoms with Crippen molar-refractivity contribution in [3.05, 3.63) is 180 Å². The molecule has 0 bridgehead atoms. The maximum atomic E-state index is 6.65. The second kappa shape index (κ2) is 12.6. The summed E-state index contributed by atoms with van der Waals surface area (Å²) in [6.07, 6.45) is 5.43. The van der Waals surface area contributed by atoms with Gasteiger partial charge in [-0.2, -0.15) is 0 Å². The molecular formula is C42H40N2O2. The van der Waals surface area contributed by atoms with Crippen LogP contribution in [0, 0.1) is 0 Å². The molecule has 0 atom stereocenters. The molecule has 0 saturated carbocycles. The fourth-order valence-electron chi connectivity index (χ4n) is 7.19. The molecule has 46 heavy (non-hydrogen) atoms. The van der Waals surface area contributed by atoms with E-state index in [0.29, 0.717) is 13.5 Å². The van der Waals surface area contributed by atoms with Crippen LogP contribution in [0.3, 0.4) is 0 Å². The number of hydrogen-bond donors (Lipinski definition) is 0. The maximum absolute atomic E-state index is 6.65. The summed E-state index contributed by atoms with van der Waals surface area (Å²) in [5.41, 5.74) is 10.2. The highest BCUT2D eigenvalue weighted by molar-refractivity contribution is 5.65. The van der Waals surface area contributed by atoms with Gasteiger partial charge in [0.15, 0.2) is 13.5 Å². The van der Waals surface area contributed by atoms with Crippen molar-refractivity contribution in [1.82, 2.24) is 0 Å². The van der Waals surface area contributed by atoms with E-state index < -0.39 is 5.41 Å². The van der Waals surface area contributed by atoms with Crippen molar-refractivity contribution in [2.24, 2.45) is 0 Å². The molecule has 7 rings (SSSR count). The van der Waals surface area contributed by atoms with E-state index in [-0.39, 0.29) is 0 Å². The number of ether oxygens (including phenoxy) is 2. The van der Waals surface area contributed by atoms with Gasteiger partial charge in [-0.25, -0.2) is 0 Å². The van der Waals surface area contributed by atoms with E-state index in [1.807, 2.05) is 12.2 Å². The minimum atomic E-state index is -0.513. The lowest BCUT2D eigenvalue weighted by Gasteiger charge is -2.41. The van der Waals surface area contributed by atoms with Crippen molar-refractivity contribution < 1.29 is 9.47 Å². The SMILES string of the molecule is C=CCc1ccc(C(C)(c2ccccc2)c2ccc(CC=C)c3c2CN(c2ccccc2)CO3)c2c1OCN(c1ccccc1)C2. The average molecular weight is 605 g/mol. The lowest BCUT2D eigenvalue weighted by atomic mass is 9.67. The van der Waals surface area contributed by atoms with Gasteiger partial charge in [0.05, 0.1) is 13.1 Å². The Morgan fingerprint density at radius 3 is 1.41 bits per heavy atom. The summed E-state index contributed by atoms with van der Waals surface area (Å²) in [6.45, 7) is 12.9. The molecule has 0 radical (unpaired) electrons. The number of rotatable bonds is 9. The van der Waals surface area contributed by atoms with E-state index >= 15 is 0 Å². The van der Waals surface area contributed by atoms with Crippen molar-refractivity contribution in [1.29, 1.82) is 0 Å². The van der Waals surface area contributed by atoms with Crippen LogP contribution in [0.5, 0.6) is 11.5 Å². The first kappa shape index (κ1) is 29.5. The zero-order chi connectivity index (χ0) is 31.5. The fraction of sp³-hybridized carbons (Fsp3) is 0.190. The molecule has 5 aromatic rings. The van der Waals surface area contributed by atoms with E-state index in [1.54, 1.807) is 0 Å². The third-order valence-electron chi connectivity index (χ3n) is 9.51. The smallest absolute Gasteiger partial charge is 0.161 e. The van der Waals surface area contributed by atoms with Crippen LogP contribution in [0.15, 0.2) is 141 Å². The number of hydrogen-bond acceptors (Lipinski definition) is 4. The Morgan fingerprint density at radius 2 is 1.00 bits per heavy atom. The van der Waals surface area contributed by atoms with Crippen molar-refractivity contribution in [2.75, 3.05) is 23.3 Å². The van der Waals surface area contributed by atoms with Crippen LogP contribution in [0.2, 0.25) is 0 Å². The second-order valence-corrected chi connectivity index (χ2v) is 12.3. The van der Waals surface area contributed by atoms with Gasteiger partial charge in [0.25, 0.3) is 0 Å². The predicted molar refractivity (Wildman–Crippen MR) is 189 cm³/mol. The van der Waals surface area contributed by atoms with Gasteiger partial charge in [0, 0.05) is 27.9 Å². The van der Waals surface area contributed by atoms with Gasteiger partial charge in [-0.05, 0) is 71.8 Å². The number of nitrogens with zero attached hydrogens (tertiary/aromatic N) is 2. The lowest BCUT2D eigenvalue weighted by Crippen LogP contribution is -2.38. The summed E-state index contributed by atoms with van der Waals surface area (Å²) in [5, 5.41) is 0. The van der Waals surface area contributed by atoms with Crippen molar-refractivity contribution in [3.63, 3.8) is 0 Å². The van der Waals surface area contributed by atoms with Crippen molar-refractivity contribution in [2.45, 2.75) is 38.3 Å². The largest absolute Gasteiger partial charge is 0.472 e. The van der Waals surface area contributed by atoms with Gasteiger partial charge in [-0.15, -0.1) is 13.2 Å². The topological polar surface area (TPSA) is 24.9 Å². The van der Waals surface area contributed by atoms with E-state index in [0.717, 1.165) is 48.8 Å². The molecule has 0 amide bonds. The van der Waals surface area contributed by atoms with E-state index in [9.17, 15) is 0 Å². The molecule has 2 aliphatic rings. The summed E-state index contributed by atoms with van der Waals surface area (Å²) in [5.74, 6) is 1.96. The Labute approximate surface area is 272 Å². The molecule has 0 saturated heterocycles. The van der Waals surface area contributed by atoms with Gasteiger partial charge >= 0.3 is 0 Å². The molecule has 0 unspecified atom stereocenters. The van der Waals surface area contributed by atoms with Crippen LogP contribution in [-0.2, 0) is 31.3 Å². The molecule has 2 aliphatic heterocycles. The first-order chi connectivity index (χ1) is 22.6. The molecule has 0 aromatic heterocycles. The van der Waals surface area contributed by atoms with Gasteiger partial charge in [0.2, 0.25) is 0 Å². The van der Waals surface area contributed by atoms with Crippen LogP contribution in [0.4, 0.5) is 11.4 Å². The van der Waals surface area contributed by atoms with Crippen molar-refractivity contribution >= 4 is 11.4 Å². The second-order valence-electron chi connectivity index (χ2n) is 12.3. The number of fused-ring (bicyclic) bond motifs is 2. The molecule has 230 valence electrons. The molecule has 0 aliphatic carbocycles. The molecule has 4 heteroatoms. The van der Waals surface area contributed by atoms with Crippen LogP contribution in [0.25, 0.3) is 0 Å². The summed E-state index contributed by atoms with van der Waals surface area (Å²) < 4.78 is 13.3. The molecule has 2 heterocycles. The highest BCUT2D eigenvalue weighted by Gasteiger charge is 2.40. The summed E-state index contributed by atoms with van der Waals surface area (Å²) >= 11 is 0. The third kappa shape index (κ3) is 5.24. The summed E-state index contributed by atoms with van der Waals surface area (Å²) in [6, 6.07) is 41.1. The minimum absolute atomic E-state index is 0.498. The number of benzene rings is 5. The summed E-state index contributed by atoms with van der Waals surface area (Å²) in [4.78, 5) is 4.63. The van der Waals surface area contributed by atoms with Crippen LogP contribution in [-0.4, -0.2) is 13.5 Å². The Bertz CT molecular complexity index is 1740. The molecule has 5 aromatic carbocycles. The van der Waals surface area contributed by atoms with Gasteiger partial charge in [-0.3, -0.25) is 0 Å². The lowest BCUT2D eigenvalue weighted by molar-refractivity contribution is 0.283. The zero-order valence-electron chi connectivity index (χ0n) is 26.5. The standard InChI is InChI=1S/C42H40N2O2/c1-4-15-31-23-25-38(36-27-43(29-45-40(31)36)34-19-11-7-12-20-34)42(3,33-17-9-6-10-18-33)39-26-24-32(16-5-2)41-37(39)28-44(30-46-41)35-21-13-8-14-22-35/h4-14,17-26H,1-2,15-16,27-30H2,3H3. The highest BCUT2D eigenvalue weighted by atomic mass is 16.5. The first-order valence-electron chi connectivity index (χ1n) is 16.0. The average Bonchev–Trinajstić information content (AvgIpc) is 3.12. The first-order valence-corrected chi connectivity index (χ1v) is 16.0. The number of allylic oxidation sites excluding steroid dienone is 2. The van der Waals surface area contributed by atoms with Crippen molar-refractivity contribution in [3.8, 4) is 11.5 Å². The molecular weight excluding hydrogens is 564 g/mol. The molecule has 0 spiro atoms. The minimum Gasteiger partial charge on any atom is -0.472 e. The summed E-state index contributed by atoms with van der Waals surface area (Å²) in [7, 11) is 0. The maximum Gasteiger partial charge on any atom is 0.161 e. The monoisotopic (exact) mass is 604 g/mol. The zero-order valence-corrected chi connectivity index (χ0v) is 26.5. The Kier molecular flexibility index (Phi) is 8.11. The quantitative estimate of drug-likeness (QED) is 0.124. The van der Waals surface area contributed by atoms with Crippen LogP contribution >= 0.6 is 0 Å². The predicted octanol–water partition coefficient (Wildman–Crippen LogP) is 9.21. The van der Waals surface area contributed by atoms with E-state index in [1.165, 1.54) is 38.9 Å². The fourth-order valence-corrected chi connectivity index (χ4v) is 7.19.